The maximum Gasteiger partial charge on any atom is 0.306 e. The Morgan fingerprint density at radius 1 is 1.13 bits per heavy atom. The molecule has 5 nitrogen and oxygen atoms in total. The summed E-state index contributed by atoms with van der Waals surface area (Å²) in [7, 11) is 0. The van der Waals surface area contributed by atoms with Crippen LogP contribution in [0.3, 0.4) is 0 Å². The lowest BCUT2D eigenvalue weighted by Gasteiger charge is -2.27. The van der Waals surface area contributed by atoms with Crippen LogP contribution in [0.15, 0.2) is 12.1 Å². The van der Waals surface area contributed by atoms with Gasteiger partial charge in [0.25, 0.3) is 0 Å². The molecular formula is C18H23NO4. The highest BCUT2D eigenvalue weighted by atomic mass is 16.5. The van der Waals surface area contributed by atoms with Crippen molar-refractivity contribution in [2.75, 3.05) is 6.61 Å². The van der Waals surface area contributed by atoms with Gasteiger partial charge in [0.05, 0.1) is 5.92 Å². The molecule has 1 fully saturated rings. The second kappa shape index (κ2) is 6.22. The molecule has 1 amide bonds. The van der Waals surface area contributed by atoms with Crippen molar-refractivity contribution in [3.8, 4) is 5.75 Å². The van der Waals surface area contributed by atoms with Crippen LogP contribution < -0.4 is 10.1 Å². The molecule has 1 aliphatic heterocycles. The Labute approximate surface area is 136 Å². The van der Waals surface area contributed by atoms with Crippen LogP contribution in [0, 0.1) is 19.8 Å². The van der Waals surface area contributed by atoms with Gasteiger partial charge in [-0.2, -0.15) is 0 Å². The van der Waals surface area contributed by atoms with Gasteiger partial charge in [-0.3, -0.25) is 9.59 Å². The van der Waals surface area contributed by atoms with Gasteiger partial charge in [0.2, 0.25) is 5.91 Å². The number of carbonyl (C=O) groups is 2. The number of fused-ring (bicyclic) bond motifs is 1. The van der Waals surface area contributed by atoms with Gasteiger partial charge in [-0.15, -0.1) is 0 Å². The number of carbonyl (C=O) groups excluding carboxylic acids is 1. The number of hydrogen-bond donors (Lipinski definition) is 2. The zero-order chi connectivity index (χ0) is 16.6. The molecule has 0 radical (unpaired) electrons. The average molecular weight is 317 g/mol. The van der Waals surface area contributed by atoms with Crippen molar-refractivity contribution in [1.29, 1.82) is 0 Å². The van der Waals surface area contributed by atoms with Crippen LogP contribution in [0.25, 0.3) is 0 Å². The quantitative estimate of drug-likeness (QED) is 0.898. The van der Waals surface area contributed by atoms with Crippen molar-refractivity contribution in [2.24, 2.45) is 5.92 Å². The summed E-state index contributed by atoms with van der Waals surface area (Å²) in [6.07, 6.45) is 2.73. The van der Waals surface area contributed by atoms with E-state index in [1.165, 1.54) is 0 Å². The van der Waals surface area contributed by atoms with Gasteiger partial charge in [-0.25, -0.2) is 0 Å². The first kappa shape index (κ1) is 15.8. The minimum Gasteiger partial charge on any atom is -0.492 e. The molecule has 0 aromatic heterocycles. The fourth-order valence-electron chi connectivity index (χ4n) is 3.48. The molecule has 1 unspecified atom stereocenters. The van der Waals surface area contributed by atoms with Gasteiger partial charge in [0, 0.05) is 11.6 Å². The third kappa shape index (κ3) is 3.19. The van der Waals surface area contributed by atoms with E-state index < -0.39 is 5.97 Å². The van der Waals surface area contributed by atoms with Crippen molar-refractivity contribution in [1.82, 2.24) is 5.32 Å². The Kier molecular flexibility index (Phi) is 4.28. The van der Waals surface area contributed by atoms with Crippen LogP contribution in [-0.4, -0.2) is 29.6 Å². The van der Waals surface area contributed by atoms with Crippen LogP contribution in [0.1, 0.15) is 48.3 Å². The summed E-state index contributed by atoms with van der Waals surface area (Å²) in [6, 6.07) is 4.12. The molecule has 5 heteroatoms. The number of aliphatic carboxylic acids is 1. The highest BCUT2D eigenvalue weighted by Gasteiger charge is 2.33. The molecule has 2 aliphatic rings. The largest absolute Gasteiger partial charge is 0.492 e. The summed E-state index contributed by atoms with van der Waals surface area (Å²) < 4.78 is 5.67. The molecule has 1 aromatic rings. The van der Waals surface area contributed by atoms with Crippen molar-refractivity contribution in [2.45, 2.75) is 51.5 Å². The van der Waals surface area contributed by atoms with Crippen molar-refractivity contribution >= 4 is 11.9 Å². The fourth-order valence-corrected chi connectivity index (χ4v) is 3.48. The van der Waals surface area contributed by atoms with Gasteiger partial charge in [0.1, 0.15) is 18.3 Å². The molecule has 0 bridgehead atoms. The van der Waals surface area contributed by atoms with E-state index in [1.54, 1.807) is 0 Å². The number of rotatable bonds is 3. The minimum absolute atomic E-state index is 0.00854. The number of ether oxygens (including phenoxy) is 1. The summed E-state index contributed by atoms with van der Waals surface area (Å²) in [5, 5.41) is 12.1. The average Bonchev–Trinajstić information content (AvgIpc) is 2.91. The molecule has 2 N–H and O–H groups in total. The molecule has 1 saturated carbocycles. The predicted molar refractivity (Wildman–Crippen MR) is 85.7 cm³/mol. The lowest BCUT2D eigenvalue weighted by molar-refractivity contribution is -0.142. The number of amides is 1. The predicted octanol–water partition coefficient (Wildman–Crippen LogP) is 2.54. The zero-order valence-corrected chi connectivity index (χ0v) is 13.6. The second-order valence-electron chi connectivity index (χ2n) is 6.73. The lowest BCUT2D eigenvalue weighted by Crippen LogP contribution is -2.41. The summed E-state index contributed by atoms with van der Waals surface area (Å²) >= 11 is 0. The highest BCUT2D eigenvalue weighted by molar-refractivity contribution is 5.86. The molecular weight excluding hydrogens is 294 g/mol. The van der Waals surface area contributed by atoms with Crippen LogP contribution in [0.5, 0.6) is 5.75 Å². The standard InChI is InChI=1S/C18H23NO4/c1-10-7-14-15(9-23-16(14)8-11(10)2)17(20)19-13-5-3-12(4-6-13)18(21)22/h7-8,12-13,15H,3-6,9H2,1-2H3,(H,19,20)(H,21,22). The maximum atomic E-state index is 12.6. The smallest absolute Gasteiger partial charge is 0.306 e. The van der Waals surface area contributed by atoms with E-state index in [4.69, 9.17) is 9.84 Å². The normalized spacial score (nSPS) is 26.3. The first-order valence-electron chi connectivity index (χ1n) is 8.23. The number of hydrogen-bond acceptors (Lipinski definition) is 3. The zero-order valence-electron chi connectivity index (χ0n) is 13.6. The van der Waals surface area contributed by atoms with E-state index in [9.17, 15) is 9.59 Å². The van der Waals surface area contributed by atoms with Gasteiger partial charge < -0.3 is 15.2 Å². The van der Waals surface area contributed by atoms with Gasteiger partial charge in [-0.05, 0) is 56.7 Å². The molecule has 0 spiro atoms. The van der Waals surface area contributed by atoms with Crippen LogP contribution in [0.2, 0.25) is 0 Å². The van der Waals surface area contributed by atoms with E-state index in [2.05, 4.69) is 5.32 Å². The van der Waals surface area contributed by atoms with Crippen LogP contribution in [-0.2, 0) is 9.59 Å². The third-order valence-corrected chi connectivity index (χ3v) is 5.15. The maximum absolute atomic E-state index is 12.6. The molecule has 1 heterocycles. The Morgan fingerprint density at radius 2 is 1.78 bits per heavy atom. The Hall–Kier alpha value is -2.04. The molecule has 1 aromatic carbocycles. The SMILES string of the molecule is Cc1cc2c(cc1C)C(C(=O)NC1CCC(C(=O)O)CC1)CO2. The van der Waals surface area contributed by atoms with Crippen LogP contribution in [0.4, 0.5) is 0 Å². The highest BCUT2D eigenvalue weighted by Crippen LogP contribution is 2.36. The molecule has 1 atom stereocenters. The molecule has 1 aliphatic carbocycles. The van der Waals surface area contributed by atoms with E-state index in [1.807, 2.05) is 26.0 Å². The second-order valence-corrected chi connectivity index (χ2v) is 6.73. The number of carboxylic acids is 1. The molecule has 23 heavy (non-hydrogen) atoms. The Morgan fingerprint density at radius 3 is 2.43 bits per heavy atom. The first-order valence-corrected chi connectivity index (χ1v) is 8.23. The molecule has 124 valence electrons. The number of aryl methyl sites for hydroxylation is 2. The summed E-state index contributed by atoms with van der Waals surface area (Å²) in [5.41, 5.74) is 3.29. The van der Waals surface area contributed by atoms with Gasteiger partial charge in [-0.1, -0.05) is 6.07 Å². The topological polar surface area (TPSA) is 75.6 Å². The fraction of sp³-hybridized carbons (Fsp3) is 0.556. The first-order chi connectivity index (χ1) is 11.0. The van der Waals surface area contributed by atoms with Gasteiger partial charge in [0.15, 0.2) is 0 Å². The summed E-state index contributed by atoms with van der Waals surface area (Å²) in [4.78, 5) is 23.6. The van der Waals surface area contributed by atoms with E-state index >= 15 is 0 Å². The third-order valence-electron chi connectivity index (χ3n) is 5.15. The van der Waals surface area contributed by atoms with E-state index in [0.717, 1.165) is 35.3 Å². The van der Waals surface area contributed by atoms with Crippen LogP contribution >= 0.6 is 0 Å². The van der Waals surface area contributed by atoms with Gasteiger partial charge >= 0.3 is 5.97 Å². The lowest BCUT2D eigenvalue weighted by atomic mass is 9.85. The number of carboxylic acid groups (broad SMARTS) is 1. The van der Waals surface area contributed by atoms with E-state index in [0.29, 0.717) is 19.4 Å². The minimum atomic E-state index is -0.723. The molecule has 3 rings (SSSR count). The summed E-state index contributed by atoms with van der Waals surface area (Å²) in [6.45, 7) is 4.46. The monoisotopic (exact) mass is 317 g/mol. The number of benzene rings is 1. The van der Waals surface area contributed by atoms with Crippen molar-refractivity contribution < 1.29 is 19.4 Å². The van der Waals surface area contributed by atoms with Crippen molar-refractivity contribution in [3.63, 3.8) is 0 Å². The Bertz CT molecular complexity index is 632. The number of nitrogens with one attached hydrogen (secondary N) is 1. The summed E-state index contributed by atoms with van der Waals surface area (Å²) in [5.74, 6) is -0.446. The Balaban J connectivity index is 1.63. The van der Waals surface area contributed by atoms with E-state index in [-0.39, 0.29) is 23.8 Å². The molecule has 0 saturated heterocycles. The van der Waals surface area contributed by atoms with Crippen molar-refractivity contribution in [3.05, 3.63) is 28.8 Å².